The van der Waals surface area contributed by atoms with Crippen LogP contribution in [0.5, 0.6) is 0 Å². The lowest BCUT2D eigenvalue weighted by Gasteiger charge is -2.38. The maximum absolute atomic E-state index is 15.4. The number of nitrogens with two attached hydrogens (primary N) is 1. The second-order valence-corrected chi connectivity index (χ2v) is 25.3. The number of nitrogens with one attached hydrogen (secondary N) is 1. The van der Waals surface area contributed by atoms with Gasteiger partial charge in [-0.1, -0.05) is 63.1 Å². The van der Waals surface area contributed by atoms with E-state index in [0.717, 1.165) is 5.56 Å². The first-order chi connectivity index (χ1) is 22.9. The molecule has 14 heteroatoms. The van der Waals surface area contributed by atoms with Crippen molar-refractivity contribution in [2.75, 3.05) is 6.54 Å². The van der Waals surface area contributed by atoms with Crippen molar-refractivity contribution in [3.8, 4) is 0 Å². The fourth-order valence-corrected chi connectivity index (χ4v) is 7.33. The molecule has 1 aromatic heterocycles. The minimum atomic E-state index is -2.61. The van der Waals surface area contributed by atoms with Gasteiger partial charge in [-0.15, -0.1) is 0 Å². The van der Waals surface area contributed by atoms with Gasteiger partial charge in [-0.2, -0.15) is 5.10 Å². The van der Waals surface area contributed by atoms with Gasteiger partial charge in [-0.3, -0.25) is 19.1 Å². The summed E-state index contributed by atoms with van der Waals surface area (Å²) in [6.07, 6.45) is 1.95. The summed E-state index contributed by atoms with van der Waals surface area (Å²) in [5.74, 6) is -2.26. The summed E-state index contributed by atoms with van der Waals surface area (Å²) in [5, 5.41) is 7.00. The Morgan fingerprint density at radius 3 is 2.16 bits per heavy atom. The first-order valence-corrected chi connectivity index (χ1v) is 23.4. The number of carbonyl (C=O) groups is 3. The van der Waals surface area contributed by atoms with Crippen LogP contribution in [0, 0.1) is 12.7 Å². The highest BCUT2D eigenvalue weighted by Crippen LogP contribution is 2.42. The molecule has 0 aliphatic heterocycles. The third-order valence-electron chi connectivity index (χ3n) is 10.8. The van der Waals surface area contributed by atoms with Crippen LogP contribution in [0.2, 0.25) is 41.3 Å². The van der Waals surface area contributed by atoms with E-state index in [1.165, 1.54) is 15.6 Å². The highest BCUT2D eigenvalue weighted by molar-refractivity contribution is 6.73. The normalized spacial score (nSPS) is 14.0. The number of hydrogen-bond acceptors (Lipinski definition) is 6. The average molecular weight is 748 g/mol. The van der Waals surface area contributed by atoms with Gasteiger partial charge in [0.25, 0.3) is 5.91 Å². The summed E-state index contributed by atoms with van der Waals surface area (Å²) in [4.78, 5) is 63.6. The van der Waals surface area contributed by atoms with Crippen molar-refractivity contribution < 1.29 is 28.4 Å². The molecule has 3 amide bonds. The minimum absolute atomic E-state index is 0.0501. The van der Waals surface area contributed by atoms with Crippen LogP contribution in [0.4, 0.5) is 4.39 Å². The zero-order valence-electron chi connectivity index (χ0n) is 31.2. The van der Waals surface area contributed by atoms with E-state index < -0.39 is 57.3 Å². The molecule has 0 spiro atoms. The predicted octanol–water partition coefficient (Wildman–Crippen LogP) is 6.83. The monoisotopic (exact) mass is 747 g/mol. The SMILES string of the molecule is Cc1ccc2c(c1)c(C(N)=O)nn2CC(=O)N(CC(=O)N[C@@H](CCC(C)(C)[Si](C)(C)O)c1cccc(Cl)c1F)[C@H](C)CCC(C)(C)[Si](C)(C)O. The molecule has 3 aromatic rings. The van der Waals surface area contributed by atoms with E-state index in [9.17, 15) is 24.0 Å². The molecule has 0 unspecified atom stereocenters. The smallest absolute Gasteiger partial charge is 0.269 e. The second kappa shape index (κ2) is 15.6. The Hall–Kier alpha value is -3.11. The van der Waals surface area contributed by atoms with E-state index in [1.54, 1.807) is 24.3 Å². The number of fused-ring (bicyclic) bond motifs is 1. The highest BCUT2D eigenvalue weighted by atomic mass is 35.5. The van der Waals surface area contributed by atoms with Gasteiger partial charge >= 0.3 is 0 Å². The molecule has 0 saturated carbocycles. The molecule has 5 N–H and O–H groups in total. The van der Waals surface area contributed by atoms with E-state index >= 15 is 4.39 Å². The first-order valence-electron chi connectivity index (χ1n) is 17.1. The van der Waals surface area contributed by atoms with Crippen LogP contribution in [0.15, 0.2) is 36.4 Å². The number of aromatic nitrogens is 2. The number of rotatable bonds is 16. The third kappa shape index (κ3) is 9.81. The molecule has 0 bridgehead atoms. The van der Waals surface area contributed by atoms with E-state index in [-0.39, 0.29) is 34.4 Å². The molecule has 276 valence electrons. The van der Waals surface area contributed by atoms with Gasteiger partial charge in [0.15, 0.2) is 22.3 Å². The van der Waals surface area contributed by atoms with Gasteiger partial charge in [0, 0.05) is 17.0 Å². The number of benzene rings is 2. The van der Waals surface area contributed by atoms with Gasteiger partial charge in [-0.05, 0) is 94.0 Å². The molecule has 1 heterocycles. The molecule has 0 radical (unpaired) electrons. The Morgan fingerprint density at radius 1 is 1.02 bits per heavy atom. The predicted molar refractivity (Wildman–Crippen MR) is 202 cm³/mol. The summed E-state index contributed by atoms with van der Waals surface area (Å²) >= 11 is 6.15. The standard InChI is InChI=1S/C36H55ClFN5O5Si2/c1-23-14-15-29-26(20-23)33(34(39)46)41-43(29)22-31(45)42(24(2)16-18-35(3,4)49(7,8)47)21-30(44)40-28(17-19-36(5,6)50(9,10)48)25-12-11-13-27(37)32(25)38/h11-15,20,24,28,47-48H,16-19,21-22H2,1-10H3,(H2,39,46)(H,40,44)/t24-,28+/m1/s1. The van der Waals surface area contributed by atoms with Crippen molar-refractivity contribution in [2.24, 2.45) is 5.73 Å². The Bertz CT molecular complexity index is 1720. The largest absolute Gasteiger partial charge is 0.432 e. The summed E-state index contributed by atoms with van der Waals surface area (Å²) in [6, 6.07) is 8.85. The number of hydrogen-bond donors (Lipinski definition) is 4. The highest BCUT2D eigenvalue weighted by Gasteiger charge is 2.40. The van der Waals surface area contributed by atoms with Crippen LogP contribution in [0.1, 0.15) is 88.0 Å². The van der Waals surface area contributed by atoms with E-state index in [2.05, 4.69) is 10.4 Å². The first kappa shape index (κ1) is 41.3. The fraction of sp³-hybridized carbons (Fsp3) is 0.556. The summed E-state index contributed by atoms with van der Waals surface area (Å²) < 4.78 is 16.8. The molecule has 10 nitrogen and oxygen atoms in total. The third-order valence-corrected chi connectivity index (χ3v) is 18.3. The van der Waals surface area contributed by atoms with E-state index in [1.807, 2.05) is 73.8 Å². The second-order valence-electron chi connectivity index (χ2n) is 16.0. The van der Waals surface area contributed by atoms with E-state index in [4.69, 9.17) is 17.3 Å². The van der Waals surface area contributed by atoms with Crippen molar-refractivity contribution in [1.82, 2.24) is 20.0 Å². The van der Waals surface area contributed by atoms with Gasteiger partial charge in [0.2, 0.25) is 11.8 Å². The number of amides is 3. The van der Waals surface area contributed by atoms with Gasteiger partial charge in [-0.25, -0.2) is 4.39 Å². The molecule has 0 aliphatic rings. The van der Waals surface area contributed by atoms with Crippen molar-refractivity contribution in [1.29, 1.82) is 0 Å². The van der Waals surface area contributed by atoms with Crippen LogP contribution in [0.25, 0.3) is 10.9 Å². The molecule has 0 aliphatic carbocycles. The minimum Gasteiger partial charge on any atom is -0.432 e. The number of halogens is 2. The summed E-state index contributed by atoms with van der Waals surface area (Å²) in [5.41, 5.74) is 7.35. The van der Waals surface area contributed by atoms with Crippen LogP contribution < -0.4 is 11.1 Å². The van der Waals surface area contributed by atoms with Crippen LogP contribution in [-0.2, 0) is 16.1 Å². The molecule has 0 fully saturated rings. The zero-order valence-corrected chi connectivity index (χ0v) is 33.9. The fourth-order valence-electron chi connectivity index (χ4n) is 5.64. The van der Waals surface area contributed by atoms with Crippen LogP contribution >= 0.6 is 11.6 Å². The number of primary amides is 1. The molecule has 2 aromatic carbocycles. The van der Waals surface area contributed by atoms with Crippen molar-refractivity contribution >= 4 is 56.9 Å². The van der Waals surface area contributed by atoms with E-state index in [0.29, 0.717) is 36.6 Å². The molecular weight excluding hydrogens is 693 g/mol. The molecular formula is C36H55ClFN5O5Si2. The Morgan fingerprint density at radius 2 is 1.60 bits per heavy atom. The lowest BCUT2D eigenvalue weighted by Crippen LogP contribution is -2.48. The molecule has 0 saturated heterocycles. The molecule has 2 atom stereocenters. The zero-order chi connectivity index (χ0) is 38.0. The Kier molecular flexibility index (Phi) is 12.9. The molecule has 50 heavy (non-hydrogen) atoms. The lowest BCUT2D eigenvalue weighted by atomic mass is 9.96. The van der Waals surface area contributed by atoms with Gasteiger partial charge in [0.05, 0.1) is 23.1 Å². The lowest BCUT2D eigenvalue weighted by molar-refractivity contribution is -0.139. The molecule has 3 rings (SSSR count). The topological polar surface area (TPSA) is 151 Å². The summed E-state index contributed by atoms with van der Waals surface area (Å²) in [6.45, 7) is 18.6. The van der Waals surface area contributed by atoms with Crippen molar-refractivity contribution in [3.05, 3.63) is 64.1 Å². The average Bonchev–Trinajstić information content (AvgIpc) is 3.34. The van der Waals surface area contributed by atoms with Crippen LogP contribution in [0.3, 0.4) is 0 Å². The van der Waals surface area contributed by atoms with Gasteiger partial charge < -0.3 is 25.5 Å². The number of aryl methyl sites for hydroxylation is 1. The Labute approximate surface area is 302 Å². The maximum atomic E-state index is 15.4. The van der Waals surface area contributed by atoms with Crippen molar-refractivity contribution in [3.63, 3.8) is 0 Å². The number of nitrogens with zero attached hydrogens (tertiary/aromatic N) is 3. The summed E-state index contributed by atoms with van der Waals surface area (Å²) in [7, 11) is -5.17. The van der Waals surface area contributed by atoms with Crippen molar-refractivity contribution in [2.45, 2.75) is 122 Å². The maximum Gasteiger partial charge on any atom is 0.269 e. The van der Waals surface area contributed by atoms with Crippen LogP contribution in [-0.4, -0.2) is 71.2 Å². The Balaban J connectivity index is 1.97. The number of carbonyl (C=O) groups excluding carboxylic acids is 3. The van der Waals surface area contributed by atoms with Gasteiger partial charge in [0.1, 0.15) is 12.4 Å². The quantitative estimate of drug-likeness (QED) is 0.118.